The van der Waals surface area contributed by atoms with E-state index in [9.17, 15) is 0 Å². The molecule has 0 saturated carbocycles. The lowest BCUT2D eigenvalue weighted by Gasteiger charge is -2.31. The average molecular weight is 270 g/mol. The van der Waals surface area contributed by atoms with Gasteiger partial charge in [0, 0.05) is 13.5 Å². The van der Waals surface area contributed by atoms with Crippen LogP contribution in [0.4, 0.5) is 0 Å². The molecule has 0 aliphatic carbocycles. The van der Waals surface area contributed by atoms with Gasteiger partial charge in [-0.3, -0.25) is 4.68 Å². The van der Waals surface area contributed by atoms with Crippen molar-refractivity contribution in [1.82, 2.24) is 9.78 Å². The van der Waals surface area contributed by atoms with Crippen molar-refractivity contribution in [2.45, 2.75) is 56.8 Å². The fourth-order valence-electron chi connectivity index (χ4n) is 3.34. The highest BCUT2D eigenvalue weighted by molar-refractivity contribution is 6.31. The van der Waals surface area contributed by atoms with Crippen molar-refractivity contribution in [1.29, 1.82) is 0 Å². The van der Waals surface area contributed by atoms with Crippen LogP contribution >= 0.6 is 11.6 Å². The SMILES string of the molecule is CCc1nn(C)c(CC2(N)CC3CCC2O3)c1Cl. The van der Waals surface area contributed by atoms with E-state index in [1.807, 2.05) is 11.7 Å². The monoisotopic (exact) mass is 269 g/mol. The van der Waals surface area contributed by atoms with E-state index in [2.05, 4.69) is 12.0 Å². The van der Waals surface area contributed by atoms with E-state index in [0.717, 1.165) is 48.5 Å². The molecule has 2 N–H and O–H groups in total. The lowest BCUT2D eigenvalue weighted by atomic mass is 9.79. The molecule has 2 saturated heterocycles. The summed E-state index contributed by atoms with van der Waals surface area (Å²) in [7, 11) is 1.94. The molecule has 5 heteroatoms. The zero-order valence-corrected chi connectivity index (χ0v) is 11.7. The van der Waals surface area contributed by atoms with Crippen LogP contribution in [0.5, 0.6) is 0 Å². The summed E-state index contributed by atoms with van der Waals surface area (Å²) < 4.78 is 7.75. The van der Waals surface area contributed by atoms with Gasteiger partial charge in [-0.2, -0.15) is 5.10 Å². The van der Waals surface area contributed by atoms with E-state index in [1.165, 1.54) is 0 Å². The van der Waals surface area contributed by atoms with E-state index in [-0.39, 0.29) is 11.6 Å². The minimum atomic E-state index is -0.259. The molecule has 3 atom stereocenters. The summed E-state index contributed by atoms with van der Waals surface area (Å²) in [5.41, 5.74) is 8.29. The van der Waals surface area contributed by atoms with Gasteiger partial charge in [0.25, 0.3) is 0 Å². The van der Waals surface area contributed by atoms with Crippen LogP contribution in [0.15, 0.2) is 0 Å². The molecule has 2 aliphatic rings. The predicted molar refractivity (Wildman–Crippen MR) is 70.7 cm³/mol. The van der Waals surface area contributed by atoms with Gasteiger partial charge in [0.2, 0.25) is 0 Å². The molecule has 3 unspecified atom stereocenters. The molecule has 1 aromatic rings. The van der Waals surface area contributed by atoms with Crippen LogP contribution in [0, 0.1) is 0 Å². The van der Waals surface area contributed by atoms with Crippen molar-refractivity contribution < 1.29 is 4.74 Å². The first-order chi connectivity index (χ1) is 8.53. The molecule has 18 heavy (non-hydrogen) atoms. The third kappa shape index (κ3) is 1.78. The van der Waals surface area contributed by atoms with Crippen LogP contribution in [0.2, 0.25) is 5.02 Å². The van der Waals surface area contributed by atoms with Gasteiger partial charge in [0.15, 0.2) is 0 Å². The van der Waals surface area contributed by atoms with Crippen LogP contribution in [-0.4, -0.2) is 27.5 Å². The first kappa shape index (κ1) is 12.5. The first-order valence-corrected chi connectivity index (χ1v) is 7.06. The molecule has 3 heterocycles. The number of fused-ring (bicyclic) bond motifs is 2. The van der Waals surface area contributed by atoms with Crippen LogP contribution in [0.3, 0.4) is 0 Å². The fraction of sp³-hybridized carbons (Fsp3) is 0.769. The molecular formula is C13H20ClN3O. The molecule has 0 spiro atoms. The molecule has 0 aromatic carbocycles. The lowest BCUT2D eigenvalue weighted by Crippen LogP contribution is -2.50. The Balaban J connectivity index is 1.87. The minimum Gasteiger partial charge on any atom is -0.373 e. The smallest absolute Gasteiger partial charge is 0.0850 e. The highest BCUT2D eigenvalue weighted by atomic mass is 35.5. The number of ether oxygens (including phenoxy) is 1. The van der Waals surface area contributed by atoms with E-state index >= 15 is 0 Å². The van der Waals surface area contributed by atoms with Crippen molar-refractivity contribution in [3.05, 3.63) is 16.4 Å². The van der Waals surface area contributed by atoms with Crippen LogP contribution < -0.4 is 5.73 Å². The van der Waals surface area contributed by atoms with Gasteiger partial charge in [-0.15, -0.1) is 0 Å². The number of rotatable bonds is 3. The van der Waals surface area contributed by atoms with Gasteiger partial charge in [-0.05, 0) is 25.7 Å². The molecule has 2 bridgehead atoms. The number of nitrogens with two attached hydrogens (primary N) is 1. The van der Waals surface area contributed by atoms with Gasteiger partial charge >= 0.3 is 0 Å². The molecule has 0 radical (unpaired) electrons. The Hall–Kier alpha value is -0.580. The highest BCUT2D eigenvalue weighted by Crippen LogP contribution is 2.42. The Bertz CT molecular complexity index is 473. The number of aryl methyl sites for hydroxylation is 2. The minimum absolute atomic E-state index is 0.193. The standard InChI is InChI=1S/C13H20ClN3O/c1-3-9-12(14)10(17(2)16-9)7-13(15)6-8-4-5-11(13)18-8/h8,11H,3-7,15H2,1-2H3. The summed E-state index contributed by atoms with van der Waals surface area (Å²) in [6.45, 7) is 2.07. The van der Waals surface area contributed by atoms with Gasteiger partial charge < -0.3 is 10.5 Å². The average Bonchev–Trinajstić information content (AvgIpc) is 2.97. The number of halogens is 1. The predicted octanol–water partition coefficient (Wildman–Crippen LogP) is 1.83. The number of hydrogen-bond acceptors (Lipinski definition) is 3. The van der Waals surface area contributed by atoms with E-state index in [4.69, 9.17) is 22.1 Å². The number of aromatic nitrogens is 2. The maximum atomic E-state index is 6.54. The van der Waals surface area contributed by atoms with Gasteiger partial charge in [0.1, 0.15) is 0 Å². The molecule has 2 fully saturated rings. The summed E-state index contributed by atoms with van der Waals surface area (Å²) in [5.74, 6) is 0. The summed E-state index contributed by atoms with van der Waals surface area (Å²) in [6, 6.07) is 0. The van der Waals surface area contributed by atoms with Crippen molar-refractivity contribution in [2.75, 3.05) is 0 Å². The highest BCUT2D eigenvalue weighted by Gasteiger charge is 2.50. The van der Waals surface area contributed by atoms with Crippen molar-refractivity contribution in [3.8, 4) is 0 Å². The Morgan fingerprint density at radius 2 is 2.33 bits per heavy atom. The van der Waals surface area contributed by atoms with E-state index in [1.54, 1.807) is 0 Å². The second kappa shape index (κ2) is 4.22. The van der Waals surface area contributed by atoms with Gasteiger partial charge in [-0.25, -0.2) is 0 Å². The van der Waals surface area contributed by atoms with Crippen LogP contribution in [0.25, 0.3) is 0 Å². The second-order valence-corrected chi connectivity index (χ2v) is 6.00. The summed E-state index contributed by atoms with van der Waals surface area (Å²) in [6.07, 6.45) is 5.35. The summed E-state index contributed by atoms with van der Waals surface area (Å²) in [4.78, 5) is 0. The molecule has 100 valence electrons. The molecular weight excluding hydrogens is 250 g/mol. The molecule has 4 nitrogen and oxygen atoms in total. The quantitative estimate of drug-likeness (QED) is 0.911. The van der Waals surface area contributed by atoms with Gasteiger partial charge in [0.05, 0.1) is 34.2 Å². The maximum absolute atomic E-state index is 6.54. The molecule has 2 aliphatic heterocycles. The second-order valence-electron chi connectivity index (χ2n) is 5.62. The summed E-state index contributed by atoms with van der Waals surface area (Å²) >= 11 is 6.39. The fourth-order valence-corrected chi connectivity index (χ4v) is 3.70. The van der Waals surface area contributed by atoms with Gasteiger partial charge in [-0.1, -0.05) is 18.5 Å². The topological polar surface area (TPSA) is 53.1 Å². The third-order valence-corrected chi connectivity index (χ3v) is 4.79. The molecule has 0 amide bonds. The zero-order chi connectivity index (χ0) is 12.9. The van der Waals surface area contributed by atoms with E-state index in [0.29, 0.717) is 6.10 Å². The Labute approximate surface area is 112 Å². The summed E-state index contributed by atoms with van der Waals surface area (Å²) in [5, 5.41) is 5.24. The van der Waals surface area contributed by atoms with Crippen LogP contribution in [-0.2, 0) is 24.6 Å². The Morgan fingerprint density at radius 1 is 1.56 bits per heavy atom. The zero-order valence-electron chi connectivity index (χ0n) is 10.9. The largest absolute Gasteiger partial charge is 0.373 e. The third-order valence-electron chi connectivity index (χ3n) is 4.36. The molecule has 3 rings (SSSR count). The number of hydrogen-bond donors (Lipinski definition) is 1. The number of nitrogens with zero attached hydrogens (tertiary/aromatic N) is 2. The maximum Gasteiger partial charge on any atom is 0.0850 e. The van der Waals surface area contributed by atoms with Crippen LogP contribution in [0.1, 0.15) is 37.6 Å². The molecule has 1 aromatic heterocycles. The Kier molecular flexibility index (Phi) is 2.92. The normalized spacial score (nSPS) is 34.4. The Morgan fingerprint density at radius 3 is 2.83 bits per heavy atom. The first-order valence-electron chi connectivity index (χ1n) is 6.68. The lowest BCUT2D eigenvalue weighted by molar-refractivity contribution is 0.0853. The van der Waals surface area contributed by atoms with Crippen molar-refractivity contribution in [3.63, 3.8) is 0 Å². The van der Waals surface area contributed by atoms with E-state index < -0.39 is 0 Å². The van der Waals surface area contributed by atoms with Crippen molar-refractivity contribution >= 4 is 11.6 Å². The van der Waals surface area contributed by atoms with Crippen molar-refractivity contribution in [2.24, 2.45) is 12.8 Å².